The van der Waals surface area contributed by atoms with Gasteiger partial charge in [0.25, 0.3) is 0 Å². The molecule has 0 aromatic rings. The Morgan fingerprint density at radius 3 is 1.25 bits per heavy atom. The van der Waals surface area contributed by atoms with Crippen LogP contribution < -0.4 is 9.79 Å². The minimum atomic E-state index is -1.42. The van der Waals surface area contributed by atoms with Crippen molar-refractivity contribution < 1.29 is 26.9 Å². The van der Waals surface area contributed by atoms with Crippen molar-refractivity contribution in [2.75, 3.05) is 0 Å². The van der Waals surface area contributed by atoms with Crippen molar-refractivity contribution in [2.45, 2.75) is 0 Å². The Morgan fingerprint density at radius 1 is 1.25 bits per heavy atom. The zero-order valence-corrected chi connectivity index (χ0v) is 3.56. The van der Waals surface area contributed by atoms with Crippen LogP contribution in [-0.2, 0) is 17.1 Å². The van der Waals surface area contributed by atoms with Crippen LogP contribution in [0.15, 0.2) is 0 Å². The third kappa shape index (κ3) is 13.3. The molecule has 0 aliphatic carbocycles. The van der Waals surface area contributed by atoms with Gasteiger partial charge in [0.2, 0.25) is 0 Å². The molecular weight excluding hydrogens is 127 g/mol. The van der Waals surface area contributed by atoms with Crippen LogP contribution in [0.25, 0.3) is 0 Å². The SMILES string of the molecule is [Cu+2].[O-]P[O-]. The molecule has 0 N–H and O–H groups in total. The maximum atomic E-state index is 8.40. The predicted molar refractivity (Wildman–Crippen MR) is 8.31 cm³/mol. The van der Waals surface area contributed by atoms with Gasteiger partial charge in [-0.15, -0.1) is 0 Å². The number of hydrogen-bond donors (Lipinski definition) is 0. The second-order valence-electron chi connectivity index (χ2n) is 0.0833. The maximum Gasteiger partial charge on any atom is 2.00 e. The molecule has 0 rings (SSSR count). The zero-order valence-electron chi connectivity index (χ0n) is 1.62. The summed E-state index contributed by atoms with van der Waals surface area (Å²) in [6.07, 6.45) is 0. The summed E-state index contributed by atoms with van der Waals surface area (Å²) >= 11 is 0. The molecule has 0 aromatic carbocycles. The molecule has 0 spiro atoms. The van der Waals surface area contributed by atoms with E-state index in [1.807, 2.05) is 0 Å². The smallest absolute Gasteiger partial charge is 0.844 e. The fourth-order valence-corrected chi connectivity index (χ4v) is 0. The summed E-state index contributed by atoms with van der Waals surface area (Å²) in [7, 11) is -1.42. The van der Waals surface area contributed by atoms with E-state index in [2.05, 4.69) is 0 Å². The second-order valence-corrected chi connectivity index (χ2v) is 0.250. The van der Waals surface area contributed by atoms with Crippen LogP contribution >= 0.6 is 9.03 Å². The van der Waals surface area contributed by atoms with Crippen molar-refractivity contribution in [2.24, 2.45) is 0 Å². The van der Waals surface area contributed by atoms with Crippen LogP contribution in [0, 0.1) is 0 Å². The van der Waals surface area contributed by atoms with Gasteiger partial charge in [0.15, 0.2) is 0 Å². The van der Waals surface area contributed by atoms with Gasteiger partial charge in [-0.05, 0) is 0 Å². The monoisotopic (exact) mass is 127 g/mol. The van der Waals surface area contributed by atoms with Crippen LogP contribution in [0.3, 0.4) is 0 Å². The van der Waals surface area contributed by atoms with E-state index in [1.165, 1.54) is 0 Å². The largest absolute Gasteiger partial charge is 2.00 e. The molecule has 0 aliphatic rings. The molecular formula is HCuO2P. The molecule has 0 saturated carbocycles. The van der Waals surface area contributed by atoms with Crippen LogP contribution in [0.4, 0.5) is 0 Å². The molecule has 2 nitrogen and oxygen atoms in total. The van der Waals surface area contributed by atoms with Crippen molar-refractivity contribution in [3.05, 3.63) is 0 Å². The third-order valence-electron chi connectivity index (χ3n) is 0. The fraction of sp³-hybridized carbons (Fsp3) is 0. The van der Waals surface area contributed by atoms with E-state index in [4.69, 9.17) is 9.79 Å². The molecule has 1 radical (unpaired) electrons. The van der Waals surface area contributed by atoms with Crippen molar-refractivity contribution in [1.82, 2.24) is 0 Å². The van der Waals surface area contributed by atoms with Crippen LogP contribution in [-0.4, -0.2) is 0 Å². The Bertz CT molecular complexity index is 6.00. The molecule has 0 bridgehead atoms. The Hall–Kier alpha value is 0.869. The Kier molecular flexibility index (Phi) is 20.2. The van der Waals surface area contributed by atoms with Gasteiger partial charge in [0.05, 0.1) is 0 Å². The van der Waals surface area contributed by atoms with E-state index in [1.54, 1.807) is 0 Å². The average Bonchev–Trinajstić information content (AvgIpc) is 0.918. The Labute approximate surface area is 36.6 Å². The molecule has 4 heteroatoms. The van der Waals surface area contributed by atoms with Gasteiger partial charge < -0.3 is 18.8 Å². The molecule has 0 saturated heterocycles. The molecule has 0 atom stereocenters. The molecule has 0 unspecified atom stereocenters. The first-order valence-corrected chi connectivity index (χ1v) is 1.22. The summed E-state index contributed by atoms with van der Waals surface area (Å²) in [6.45, 7) is 0. The van der Waals surface area contributed by atoms with E-state index in [9.17, 15) is 0 Å². The number of hydrogen-bond acceptors (Lipinski definition) is 2. The summed E-state index contributed by atoms with van der Waals surface area (Å²) in [4.78, 5) is 16.8. The van der Waals surface area contributed by atoms with Crippen LogP contribution in [0.5, 0.6) is 0 Å². The molecule has 0 fully saturated rings. The summed E-state index contributed by atoms with van der Waals surface area (Å²) in [5.74, 6) is 0. The standard InChI is InChI=1S/Cu.HO2P/c;1-3-2/h;3H/q+2;-2. The molecule has 4 heavy (non-hydrogen) atoms. The van der Waals surface area contributed by atoms with E-state index in [0.717, 1.165) is 0 Å². The Morgan fingerprint density at radius 2 is 1.25 bits per heavy atom. The average molecular weight is 128 g/mol. The Balaban J connectivity index is 0. The van der Waals surface area contributed by atoms with E-state index >= 15 is 0 Å². The maximum absolute atomic E-state index is 8.40. The van der Waals surface area contributed by atoms with Crippen molar-refractivity contribution >= 4 is 9.03 Å². The minimum Gasteiger partial charge on any atom is -0.844 e. The van der Waals surface area contributed by atoms with E-state index < -0.39 is 9.03 Å². The predicted octanol–water partition coefficient (Wildman–Crippen LogP) is -1.79. The topological polar surface area (TPSA) is 46.1 Å². The zero-order chi connectivity index (χ0) is 2.71. The van der Waals surface area contributed by atoms with E-state index in [0.29, 0.717) is 0 Å². The number of rotatable bonds is 0. The van der Waals surface area contributed by atoms with Crippen LogP contribution in [0.2, 0.25) is 0 Å². The summed E-state index contributed by atoms with van der Waals surface area (Å²) in [5.41, 5.74) is 0. The summed E-state index contributed by atoms with van der Waals surface area (Å²) in [5, 5.41) is 0. The molecule has 29 valence electrons. The van der Waals surface area contributed by atoms with Crippen molar-refractivity contribution in [3.63, 3.8) is 0 Å². The van der Waals surface area contributed by atoms with Gasteiger partial charge in [-0.1, -0.05) is 0 Å². The fourth-order valence-electron chi connectivity index (χ4n) is 0. The second kappa shape index (κ2) is 9.12. The molecule has 0 aliphatic heterocycles. The first-order valence-electron chi connectivity index (χ1n) is 0.408. The first-order chi connectivity index (χ1) is 1.41. The molecule has 0 heterocycles. The van der Waals surface area contributed by atoms with Gasteiger partial charge >= 0.3 is 17.1 Å². The summed E-state index contributed by atoms with van der Waals surface area (Å²) < 4.78 is 0. The summed E-state index contributed by atoms with van der Waals surface area (Å²) in [6, 6.07) is 0. The first kappa shape index (κ1) is 8.85. The van der Waals surface area contributed by atoms with Gasteiger partial charge in [0, 0.05) is 0 Å². The van der Waals surface area contributed by atoms with Gasteiger partial charge in [-0.25, -0.2) is 0 Å². The van der Waals surface area contributed by atoms with Gasteiger partial charge in [0.1, 0.15) is 0 Å². The molecule has 0 aromatic heterocycles. The minimum absolute atomic E-state index is 0. The normalized spacial score (nSPS) is 4.50. The van der Waals surface area contributed by atoms with Gasteiger partial charge in [-0.2, -0.15) is 0 Å². The van der Waals surface area contributed by atoms with Crippen molar-refractivity contribution in [3.8, 4) is 0 Å². The quantitative estimate of drug-likeness (QED) is 0.285. The van der Waals surface area contributed by atoms with E-state index in [-0.39, 0.29) is 17.1 Å². The van der Waals surface area contributed by atoms with Gasteiger partial charge in [-0.3, -0.25) is 0 Å². The van der Waals surface area contributed by atoms with Crippen molar-refractivity contribution in [1.29, 1.82) is 0 Å². The third-order valence-corrected chi connectivity index (χ3v) is 0. The van der Waals surface area contributed by atoms with Crippen LogP contribution in [0.1, 0.15) is 0 Å². The molecule has 0 amide bonds.